The predicted molar refractivity (Wildman–Crippen MR) is 119 cm³/mol. The smallest absolute Gasteiger partial charge is 0.327 e. The summed E-state index contributed by atoms with van der Waals surface area (Å²) in [5, 5.41) is 10.7. The van der Waals surface area contributed by atoms with E-state index < -0.39 is 11.6 Å². The van der Waals surface area contributed by atoms with Crippen LogP contribution >= 0.6 is 23.2 Å². The zero-order chi connectivity index (χ0) is 22.3. The van der Waals surface area contributed by atoms with Gasteiger partial charge in [0.05, 0.1) is 10.0 Å². The molecule has 0 aliphatic rings. The van der Waals surface area contributed by atoms with Gasteiger partial charge in [0, 0.05) is 11.6 Å². The molecule has 1 atom stereocenters. The highest BCUT2D eigenvalue weighted by molar-refractivity contribution is 6.42. The van der Waals surface area contributed by atoms with Crippen LogP contribution < -0.4 is 11.4 Å². The number of phenols is 1. The molecule has 31 heavy (non-hydrogen) atoms. The molecule has 0 spiro atoms. The molecule has 0 bridgehead atoms. The number of nitrogens with two attached hydrogens (primary N) is 1. The van der Waals surface area contributed by atoms with Crippen LogP contribution in [0.4, 0.5) is 0 Å². The quantitative estimate of drug-likeness (QED) is 0.420. The second kappa shape index (κ2) is 8.05. The lowest BCUT2D eigenvalue weighted by Crippen LogP contribution is -2.22. The van der Waals surface area contributed by atoms with Gasteiger partial charge in [0.25, 0.3) is 5.91 Å². The summed E-state index contributed by atoms with van der Waals surface area (Å²) in [4.78, 5) is 36.2. The van der Waals surface area contributed by atoms with E-state index in [2.05, 4.69) is 15.0 Å². The Morgan fingerprint density at radius 3 is 2.65 bits per heavy atom. The normalized spacial score (nSPS) is 12.2. The molecule has 1 unspecified atom stereocenters. The number of primary amides is 1. The van der Waals surface area contributed by atoms with Gasteiger partial charge in [0.2, 0.25) is 0 Å². The minimum Gasteiger partial charge on any atom is -0.508 e. The number of H-pyrrole nitrogens is 1. The lowest BCUT2D eigenvalue weighted by Gasteiger charge is -2.14. The summed E-state index contributed by atoms with van der Waals surface area (Å²) in [5.41, 5.74) is 6.69. The van der Waals surface area contributed by atoms with E-state index in [0.29, 0.717) is 22.0 Å². The van der Waals surface area contributed by atoms with Crippen molar-refractivity contribution in [3.05, 3.63) is 74.3 Å². The highest BCUT2D eigenvalue weighted by Gasteiger charge is 2.22. The van der Waals surface area contributed by atoms with Crippen LogP contribution in [0, 0.1) is 0 Å². The van der Waals surface area contributed by atoms with E-state index in [1.54, 1.807) is 24.3 Å². The average Bonchev–Trinajstić information content (AvgIpc) is 3.05. The van der Waals surface area contributed by atoms with E-state index >= 15 is 0 Å². The minimum atomic E-state index is -0.806. The lowest BCUT2D eigenvalue weighted by atomic mass is 10.1. The number of hydrogen-bond donors (Lipinski definition) is 3. The summed E-state index contributed by atoms with van der Waals surface area (Å²) in [6.07, 6.45) is 0.459. The number of halogens is 2. The standard InChI is InChI=1S/C21H17Cl2N5O3/c1-10(7-11-5-6-14(22)15(23)8-11)28-20-17(26-21(28)31)16(18(24)30)25-19(27-20)12-3-2-4-13(29)9-12/h2-6,8-10,29H,7H2,1H3,(H2,24,30)(H,26,31). The first-order chi connectivity index (χ1) is 14.7. The molecule has 0 aliphatic heterocycles. The third kappa shape index (κ3) is 3.99. The van der Waals surface area contributed by atoms with Crippen LogP contribution in [0.2, 0.25) is 10.0 Å². The maximum Gasteiger partial charge on any atom is 0.327 e. The maximum absolute atomic E-state index is 12.8. The van der Waals surface area contributed by atoms with Crippen molar-refractivity contribution in [2.75, 3.05) is 0 Å². The SMILES string of the molecule is CC(Cc1ccc(Cl)c(Cl)c1)n1c(=O)[nH]c2c(C(N)=O)nc(-c3cccc(O)c3)nc21. The third-order valence-electron chi connectivity index (χ3n) is 4.86. The van der Waals surface area contributed by atoms with Gasteiger partial charge < -0.3 is 15.8 Å². The zero-order valence-corrected chi connectivity index (χ0v) is 17.8. The van der Waals surface area contributed by atoms with E-state index in [1.807, 2.05) is 13.0 Å². The van der Waals surface area contributed by atoms with Gasteiger partial charge >= 0.3 is 5.69 Å². The number of amides is 1. The lowest BCUT2D eigenvalue weighted by molar-refractivity contribution is 0.0997. The van der Waals surface area contributed by atoms with Gasteiger partial charge in [-0.1, -0.05) is 41.4 Å². The molecule has 0 saturated carbocycles. The minimum absolute atomic E-state index is 0.0151. The van der Waals surface area contributed by atoms with Crippen molar-refractivity contribution in [2.45, 2.75) is 19.4 Å². The van der Waals surface area contributed by atoms with Crippen molar-refractivity contribution in [1.29, 1.82) is 0 Å². The van der Waals surface area contributed by atoms with Gasteiger partial charge in [-0.05, 0) is 43.2 Å². The topological polar surface area (TPSA) is 127 Å². The Balaban J connectivity index is 1.87. The summed E-state index contributed by atoms with van der Waals surface area (Å²) in [6, 6.07) is 11.2. The second-order valence-corrected chi connectivity index (χ2v) is 7.93. The average molecular weight is 458 g/mol. The maximum atomic E-state index is 12.8. The van der Waals surface area contributed by atoms with Crippen LogP contribution in [0.5, 0.6) is 5.75 Å². The molecule has 158 valence electrons. The van der Waals surface area contributed by atoms with E-state index in [9.17, 15) is 14.7 Å². The van der Waals surface area contributed by atoms with Gasteiger partial charge in [-0.3, -0.25) is 9.36 Å². The fraction of sp³-hybridized carbons (Fsp3) is 0.143. The van der Waals surface area contributed by atoms with Crippen LogP contribution in [0.15, 0.2) is 47.3 Å². The van der Waals surface area contributed by atoms with E-state index in [-0.39, 0.29) is 34.5 Å². The van der Waals surface area contributed by atoms with Gasteiger partial charge in [-0.25, -0.2) is 14.8 Å². The number of benzene rings is 2. The zero-order valence-electron chi connectivity index (χ0n) is 16.3. The summed E-state index contributed by atoms with van der Waals surface area (Å²) >= 11 is 12.1. The number of rotatable bonds is 5. The first kappa shape index (κ1) is 20.9. The highest BCUT2D eigenvalue weighted by Crippen LogP contribution is 2.27. The predicted octanol–water partition coefficient (Wildman–Crippen LogP) is 3.70. The molecule has 2 aromatic carbocycles. The number of imidazole rings is 1. The number of fused-ring (bicyclic) bond motifs is 1. The van der Waals surface area contributed by atoms with Crippen molar-refractivity contribution in [3.8, 4) is 17.1 Å². The Morgan fingerprint density at radius 1 is 1.19 bits per heavy atom. The Kier molecular flexibility index (Phi) is 5.43. The summed E-state index contributed by atoms with van der Waals surface area (Å²) < 4.78 is 1.44. The summed E-state index contributed by atoms with van der Waals surface area (Å²) in [6.45, 7) is 1.84. The highest BCUT2D eigenvalue weighted by atomic mass is 35.5. The Morgan fingerprint density at radius 2 is 1.97 bits per heavy atom. The molecular weight excluding hydrogens is 441 g/mol. The molecular formula is C21H17Cl2N5O3. The number of aromatic hydroxyl groups is 1. The first-order valence-corrected chi connectivity index (χ1v) is 10.1. The molecule has 10 heteroatoms. The number of aromatic nitrogens is 4. The molecule has 8 nitrogen and oxygen atoms in total. The van der Waals surface area contributed by atoms with Gasteiger partial charge in [-0.15, -0.1) is 0 Å². The van der Waals surface area contributed by atoms with Crippen LogP contribution in [-0.4, -0.2) is 30.5 Å². The molecule has 2 heterocycles. The van der Waals surface area contributed by atoms with Crippen LogP contribution in [-0.2, 0) is 6.42 Å². The molecule has 0 saturated heterocycles. The third-order valence-corrected chi connectivity index (χ3v) is 5.60. The van der Waals surface area contributed by atoms with Crippen LogP contribution in [0.3, 0.4) is 0 Å². The number of phenolic OH excluding ortho intramolecular Hbond substituents is 1. The molecule has 4 rings (SSSR count). The van der Waals surface area contributed by atoms with Gasteiger partial charge in [0.15, 0.2) is 17.2 Å². The molecule has 2 aromatic heterocycles. The van der Waals surface area contributed by atoms with Gasteiger partial charge in [0.1, 0.15) is 11.3 Å². The number of nitrogens with zero attached hydrogens (tertiary/aromatic N) is 3. The number of nitrogens with one attached hydrogen (secondary N) is 1. The van der Waals surface area contributed by atoms with Crippen molar-refractivity contribution >= 4 is 40.3 Å². The van der Waals surface area contributed by atoms with Crippen molar-refractivity contribution < 1.29 is 9.90 Å². The van der Waals surface area contributed by atoms with Crippen molar-refractivity contribution in [1.82, 2.24) is 19.5 Å². The Labute approximate surface area is 186 Å². The number of hydrogen-bond acceptors (Lipinski definition) is 5. The number of carbonyl (C=O) groups is 1. The summed E-state index contributed by atoms with van der Waals surface area (Å²) in [5.74, 6) is -0.632. The second-order valence-electron chi connectivity index (χ2n) is 7.11. The molecule has 0 radical (unpaired) electrons. The summed E-state index contributed by atoms with van der Waals surface area (Å²) in [7, 11) is 0. The molecule has 4 aromatic rings. The number of carbonyl (C=O) groups excluding carboxylic acids is 1. The Bertz CT molecular complexity index is 1380. The number of aromatic amines is 1. The molecule has 4 N–H and O–H groups in total. The van der Waals surface area contributed by atoms with E-state index in [1.165, 1.54) is 16.7 Å². The largest absolute Gasteiger partial charge is 0.508 e. The monoisotopic (exact) mass is 457 g/mol. The van der Waals surface area contributed by atoms with Crippen LogP contribution in [0.1, 0.15) is 29.0 Å². The Hall–Kier alpha value is -3.36. The molecule has 1 amide bonds. The van der Waals surface area contributed by atoms with Crippen molar-refractivity contribution in [2.24, 2.45) is 5.73 Å². The fourth-order valence-corrected chi connectivity index (χ4v) is 3.78. The van der Waals surface area contributed by atoms with Crippen molar-refractivity contribution in [3.63, 3.8) is 0 Å². The van der Waals surface area contributed by atoms with E-state index in [0.717, 1.165) is 5.56 Å². The first-order valence-electron chi connectivity index (χ1n) is 9.30. The van der Waals surface area contributed by atoms with Crippen LogP contribution in [0.25, 0.3) is 22.6 Å². The van der Waals surface area contributed by atoms with E-state index in [4.69, 9.17) is 28.9 Å². The molecule has 0 fully saturated rings. The fourth-order valence-electron chi connectivity index (χ4n) is 3.46. The van der Waals surface area contributed by atoms with Gasteiger partial charge in [-0.2, -0.15) is 0 Å². The molecule has 0 aliphatic carbocycles.